The lowest BCUT2D eigenvalue weighted by Gasteiger charge is -2.09. The molecule has 0 saturated carbocycles. The van der Waals surface area contributed by atoms with E-state index < -0.39 is 10.0 Å². The van der Waals surface area contributed by atoms with Crippen LogP contribution in [0.3, 0.4) is 0 Å². The van der Waals surface area contributed by atoms with Gasteiger partial charge in [0.15, 0.2) is 4.34 Å². The quantitative estimate of drug-likeness (QED) is 0.737. The Morgan fingerprint density at radius 1 is 1.43 bits per heavy atom. The van der Waals surface area contributed by atoms with Crippen molar-refractivity contribution < 1.29 is 13.2 Å². The number of anilines is 1. The number of sulfonamides is 1. The Morgan fingerprint density at radius 3 is 2.86 bits per heavy atom. The number of aromatic nitrogens is 2. The van der Waals surface area contributed by atoms with E-state index in [2.05, 4.69) is 30.8 Å². The maximum atomic E-state index is 12.4. The number of hydrogen-bond donors (Lipinski definition) is 1. The first-order chi connectivity index (χ1) is 9.96. The van der Waals surface area contributed by atoms with E-state index in [4.69, 9.17) is 4.74 Å². The van der Waals surface area contributed by atoms with Gasteiger partial charge in [-0.15, -0.1) is 10.2 Å². The van der Waals surface area contributed by atoms with Gasteiger partial charge in [0.05, 0.1) is 7.11 Å². The first-order valence-electron chi connectivity index (χ1n) is 5.79. The van der Waals surface area contributed by atoms with Gasteiger partial charge in [-0.05, 0) is 24.0 Å². The molecular formula is C11H12BrN3O3S3. The third kappa shape index (κ3) is 4.09. The minimum atomic E-state index is -3.79. The molecule has 0 unspecified atom stereocenters. The Labute approximate surface area is 139 Å². The number of nitrogens with zero attached hydrogens (tertiary/aromatic N) is 2. The molecule has 1 N–H and O–H groups in total. The lowest BCUT2D eigenvalue weighted by molar-refractivity contribution is 0.403. The summed E-state index contributed by atoms with van der Waals surface area (Å²) in [6, 6.07) is 4.76. The fourth-order valence-corrected chi connectivity index (χ4v) is 5.05. The van der Waals surface area contributed by atoms with E-state index in [0.29, 0.717) is 4.47 Å². The second-order valence-corrected chi connectivity index (χ2v) is 8.76. The van der Waals surface area contributed by atoms with Gasteiger partial charge in [-0.25, -0.2) is 8.42 Å². The summed E-state index contributed by atoms with van der Waals surface area (Å²) < 4.78 is 33.7. The van der Waals surface area contributed by atoms with Crippen molar-refractivity contribution in [2.45, 2.75) is 16.2 Å². The number of nitrogens with one attached hydrogen (secondary N) is 1. The van der Waals surface area contributed by atoms with E-state index in [0.717, 1.165) is 10.1 Å². The number of ether oxygens (including phenoxy) is 1. The van der Waals surface area contributed by atoms with Crippen LogP contribution in [-0.2, 0) is 10.0 Å². The zero-order valence-corrected chi connectivity index (χ0v) is 15.2. The molecule has 0 bridgehead atoms. The van der Waals surface area contributed by atoms with Gasteiger partial charge in [-0.2, -0.15) is 0 Å². The van der Waals surface area contributed by atoms with Gasteiger partial charge in [0.2, 0.25) is 5.13 Å². The molecule has 21 heavy (non-hydrogen) atoms. The molecule has 1 heterocycles. The molecule has 0 fully saturated rings. The molecule has 114 valence electrons. The maximum absolute atomic E-state index is 12.4. The number of halogens is 1. The van der Waals surface area contributed by atoms with Crippen LogP contribution in [0.25, 0.3) is 0 Å². The van der Waals surface area contributed by atoms with Gasteiger partial charge in [-0.3, -0.25) is 4.72 Å². The van der Waals surface area contributed by atoms with Crippen molar-refractivity contribution in [3.05, 3.63) is 22.7 Å². The molecule has 0 aliphatic carbocycles. The third-order valence-electron chi connectivity index (χ3n) is 2.31. The topological polar surface area (TPSA) is 81.2 Å². The third-order valence-corrected chi connectivity index (χ3v) is 6.15. The normalized spacial score (nSPS) is 11.4. The summed E-state index contributed by atoms with van der Waals surface area (Å²) in [5.74, 6) is 1.11. The van der Waals surface area contributed by atoms with Gasteiger partial charge >= 0.3 is 0 Å². The first kappa shape index (κ1) is 16.5. The fourth-order valence-electron chi connectivity index (χ4n) is 1.46. The summed E-state index contributed by atoms with van der Waals surface area (Å²) in [7, 11) is -2.37. The Morgan fingerprint density at radius 2 is 2.19 bits per heavy atom. The molecule has 2 aromatic rings. The Hall–Kier alpha value is -0.840. The summed E-state index contributed by atoms with van der Waals surface area (Å²) in [4.78, 5) is 0.0410. The molecule has 0 atom stereocenters. The molecule has 0 spiro atoms. The average Bonchev–Trinajstić information content (AvgIpc) is 2.86. The lowest BCUT2D eigenvalue weighted by atomic mass is 10.3. The smallest absolute Gasteiger partial charge is 0.267 e. The SMILES string of the molecule is CCSc1nnc(NS(=O)(=O)c2cc(Br)ccc2OC)s1. The summed E-state index contributed by atoms with van der Waals surface area (Å²) in [5.41, 5.74) is 0. The van der Waals surface area contributed by atoms with E-state index in [9.17, 15) is 8.42 Å². The molecule has 1 aromatic heterocycles. The second-order valence-electron chi connectivity index (χ2n) is 3.71. The lowest BCUT2D eigenvalue weighted by Crippen LogP contribution is -2.14. The van der Waals surface area contributed by atoms with Gasteiger partial charge in [-0.1, -0.05) is 46.0 Å². The highest BCUT2D eigenvalue weighted by Crippen LogP contribution is 2.31. The van der Waals surface area contributed by atoms with Crippen molar-refractivity contribution in [2.24, 2.45) is 0 Å². The van der Waals surface area contributed by atoms with E-state index in [1.165, 1.54) is 36.3 Å². The predicted octanol–water partition coefficient (Wildman–Crippen LogP) is 3.22. The van der Waals surface area contributed by atoms with Crippen molar-refractivity contribution in [3.63, 3.8) is 0 Å². The predicted molar refractivity (Wildman–Crippen MR) is 87.8 cm³/mol. The van der Waals surface area contributed by atoms with Crippen LogP contribution in [-0.4, -0.2) is 31.5 Å². The van der Waals surface area contributed by atoms with Crippen LogP contribution in [0.1, 0.15) is 6.92 Å². The number of hydrogen-bond acceptors (Lipinski definition) is 7. The van der Waals surface area contributed by atoms with E-state index in [1.54, 1.807) is 12.1 Å². The number of thioether (sulfide) groups is 1. The molecule has 1 aromatic carbocycles. The highest BCUT2D eigenvalue weighted by Gasteiger charge is 2.21. The second kappa shape index (κ2) is 6.95. The van der Waals surface area contributed by atoms with Gasteiger partial charge in [0, 0.05) is 4.47 Å². The van der Waals surface area contributed by atoms with Crippen LogP contribution < -0.4 is 9.46 Å². The molecule has 0 saturated heterocycles. The van der Waals surface area contributed by atoms with Crippen LogP contribution >= 0.6 is 39.0 Å². The highest BCUT2D eigenvalue weighted by atomic mass is 79.9. The van der Waals surface area contributed by atoms with E-state index in [1.807, 2.05) is 6.92 Å². The monoisotopic (exact) mass is 409 g/mol. The van der Waals surface area contributed by atoms with Crippen LogP contribution in [0.15, 0.2) is 31.9 Å². The highest BCUT2D eigenvalue weighted by molar-refractivity contribution is 9.10. The molecule has 0 amide bonds. The summed E-state index contributed by atoms with van der Waals surface area (Å²) in [6.45, 7) is 1.99. The van der Waals surface area contributed by atoms with Crippen molar-refractivity contribution >= 4 is 54.2 Å². The van der Waals surface area contributed by atoms with Crippen LogP contribution in [0.5, 0.6) is 5.75 Å². The summed E-state index contributed by atoms with van der Waals surface area (Å²) >= 11 is 5.95. The Kier molecular flexibility index (Phi) is 5.47. The number of benzene rings is 1. The number of methoxy groups -OCH3 is 1. The maximum Gasteiger partial charge on any atom is 0.267 e. The van der Waals surface area contributed by atoms with Crippen molar-refractivity contribution in [1.82, 2.24) is 10.2 Å². The van der Waals surface area contributed by atoms with Gasteiger partial charge in [0.25, 0.3) is 10.0 Å². The van der Waals surface area contributed by atoms with Gasteiger partial charge in [0.1, 0.15) is 10.6 Å². The number of rotatable bonds is 6. The zero-order valence-electron chi connectivity index (χ0n) is 11.2. The van der Waals surface area contributed by atoms with Gasteiger partial charge < -0.3 is 4.74 Å². The molecule has 0 radical (unpaired) electrons. The van der Waals surface area contributed by atoms with Crippen LogP contribution in [0.4, 0.5) is 5.13 Å². The molecule has 2 rings (SSSR count). The molecule has 0 aliphatic rings. The molecule has 0 aliphatic heterocycles. The minimum absolute atomic E-state index is 0.0410. The minimum Gasteiger partial charge on any atom is -0.495 e. The van der Waals surface area contributed by atoms with Crippen LogP contribution in [0, 0.1) is 0 Å². The summed E-state index contributed by atoms with van der Waals surface area (Å²) in [5, 5.41) is 7.97. The average molecular weight is 410 g/mol. The summed E-state index contributed by atoms with van der Waals surface area (Å²) in [6.07, 6.45) is 0. The largest absolute Gasteiger partial charge is 0.495 e. The van der Waals surface area contributed by atoms with E-state index in [-0.39, 0.29) is 15.8 Å². The van der Waals surface area contributed by atoms with Crippen molar-refractivity contribution in [1.29, 1.82) is 0 Å². The molecule has 6 nitrogen and oxygen atoms in total. The Bertz CT molecular complexity index is 733. The zero-order chi connectivity index (χ0) is 15.5. The molecular weight excluding hydrogens is 398 g/mol. The fraction of sp³-hybridized carbons (Fsp3) is 0.273. The van der Waals surface area contributed by atoms with E-state index >= 15 is 0 Å². The van der Waals surface area contributed by atoms with Crippen molar-refractivity contribution in [3.8, 4) is 5.75 Å². The molecule has 10 heteroatoms. The standard InChI is InChI=1S/C11H12BrN3O3S3/c1-3-19-11-14-13-10(20-11)15-21(16,17)9-6-7(12)4-5-8(9)18-2/h4-6H,3H2,1-2H3,(H,13,15). The first-order valence-corrected chi connectivity index (χ1v) is 9.86. The Balaban J connectivity index is 2.31. The van der Waals surface area contributed by atoms with Crippen LogP contribution in [0.2, 0.25) is 0 Å². The van der Waals surface area contributed by atoms with Crippen molar-refractivity contribution in [2.75, 3.05) is 17.6 Å².